The lowest BCUT2D eigenvalue weighted by Gasteiger charge is -2.03. The van der Waals surface area contributed by atoms with Gasteiger partial charge in [-0.25, -0.2) is 0 Å². The Labute approximate surface area is 143 Å². The van der Waals surface area contributed by atoms with Crippen molar-refractivity contribution in [3.63, 3.8) is 0 Å². The molecule has 0 unspecified atom stereocenters. The number of halogens is 2. The first-order valence-electron chi connectivity index (χ1n) is 6.95. The first-order chi connectivity index (χ1) is 11.1. The van der Waals surface area contributed by atoms with Crippen LogP contribution in [0.1, 0.15) is 15.9 Å². The fourth-order valence-corrected chi connectivity index (χ4v) is 2.44. The quantitative estimate of drug-likeness (QED) is 0.757. The Bertz CT molecular complexity index is 814. The van der Waals surface area contributed by atoms with Gasteiger partial charge in [-0.3, -0.25) is 9.48 Å². The van der Waals surface area contributed by atoms with E-state index in [1.807, 2.05) is 30.3 Å². The predicted molar refractivity (Wildman–Crippen MR) is 92.2 cm³/mol. The number of carbonyl (C=O) groups excluding carboxylic acids is 1. The molecule has 1 amide bonds. The molecular formula is C17H13Cl2N3O. The maximum atomic E-state index is 12.2. The summed E-state index contributed by atoms with van der Waals surface area (Å²) < 4.78 is 1.69. The van der Waals surface area contributed by atoms with Gasteiger partial charge < -0.3 is 5.32 Å². The molecule has 0 radical (unpaired) electrons. The van der Waals surface area contributed by atoms with E-state index in [0.717, 1.165) is 5.56 Å². The van der Waals surface area contributed by atoms with Crippen LogP contribution in [0.4, 0.5) is 5.82 Å². The third kappa shape index (κ3) is 3.92. The van der Waals surface area contributed by atoms with Crippen molar-refractivity contribution in [2.45, 2.75) is 6.54 Å². The van der Waals surface area contributed by atoms with E-state index in [9.17, 15) is 4.79 Å². The molecule has 0 bridgehead atoms. The molecule has 0 aliphatic rings. The molecule has 23 heavy (non-hydrogen) atoms. The monoisotopic (exact) mass is 345 g/mol. The van der Waals surface area contributed by atoms with E-state index >= 15 is 0 Å². The van der Waals surface area contributed by atoms with Crippen molar-refractivity contribution in [1.29, 1.82) is 0 Å². The summed E-state index contributed by atoms with van der Waals surface area (Å²) in [6, 6.07) is 16.5. The Morgan fingerprint density at radius 3 is 2.43 bits per heavy atom. The van der Waals surface area contributed by atoms with Crippen molar-refractivity contribution < 1.29 is 4.79 Å². The van der Waals surface area contributed by atoms with Crippen molar-refractivity contribution in [1.82, 2.24) is 9.78 Å². The largest absolute Gasteiger partial charge is 0.304 e. The highest BCUT2D eigenvalue weighted by atomic mass is 35.5. The minimum Gasteiger partial charge on any atom is -0.304 e. The maximum Gasteiger partial charge on any atom is 0.256 e. The van der Waals surface area contributed by atoms with Gasteiger partial charge in [0, 0.05) is 16.8 Å². The summed E-state index contributed by atoms with van der Waals surface area (Å²) in [6.07, 6.45) is 1.69. The minimum atomic E-state index is -0.284. The van der Waals surface area contributed by atoms with Gasteiger partial charge in [0.15, 0.2) is 5.82 Å². The molecule has 0 aliphatic heterocycles. The number of anilines is 1. The average molecular weight is 346 g/mol. The number of rotatable bonds is 4. The highest BCUT2D eigenvalue weighted by molar-refractivity contribution is 6.33. The fourth-order valence-electron chi connectivity index (χ4n) is 2.11. The molecule has 0 spiro atoms. The van der Waals surface area contributed by atoms with Gasteiger partial charge in [-0.1, -0.05) is 53.5 Å². The fraction of sp³-hybridized carbons (Fsp3) is 0.0588. The normalized spacial score (nSPS) is 10.5. The van der Waals surface area contributed by atoms with E-state index in [0.29, 0.717) is 28.0 Å². The molecule has 3 rings (SSSR count). The molecule has 116 valence electrons. The summed E-state index contributed by atoms with van der Waals surface area (Å²) in [4.78, 5) is 12.2. The number of hydrogen-bond acceptors (Lipinski definition) is 2. The molecule has 1 N–H and O–H groups in total. The molecule has 4 nitrogen and oxygen atoms in total. The molecule has 3 aromatic rings. The molecule has 0 fully saturated rings. The zero-order chi connectivity index (χ0) is 16.2. The van der Waals surface area contributed by atoms with Gasteiger partial charge >= 0.3 is 0 Å². The third-order valence-corrected chi connectivity index (χ3v) is 3.77. The van der Waals surface area contributed by atoms with Gasteiger partial charge in [-0.15, -0.1) is 0 Å². The standard InChI is InChI=1S/C17H13Cl2N3O/c18-14-8-6-13(7-9-14)17(23)20-16-15(19)11-22(21-16)10-12-4-2-1-3-5-12/h1-9,11H,10H2,(H,20,21,23). The SMILES string of the molecule is O=C(Nc1nn(Cc2ccccc2)cc1Cl)c1ccc(Cl)cc1. The van der Waals surface area contributed by atoms with Crippen LogP contribution in [0.5, 0.6) is 0 Å². The zero-order valence-corrected chi connectivity index (χ0v) is 13.6. The van der Waals surface area contributed by atoms with E-state index in [1.165, 1.54) is 0 Å². The molecule has 2 aromatic carbocycles. The maximum absolute atomic E-state index is 12.2. The van der Waals surface area contributed by atoms with Gasteiger partial charge in [0.25, 0.3) is 5.91 Å². The Morgan fingerprint density at radius 2 is 1.74 bits per heavy atom. The van der Waals surface area contributed by atoms with Gasteiger partial charge in [-0.2, -0.15) is 5.10 Å². The van der Waals surface area contributed by atoms with Gasteiger partial charge in [0.2, 0.25) is 0 Å². The lowest BCUT2D eigenvalue weighted by atomic mass is 10.2. The van der Waals surface area contributed by atoms with E-state index in [-0.39, 0.29) is 5.91 Å². The molecule has 0 aliphatic carbocycles. The van der Waals surface area contributed by atoms with Crippen LogP contribution < -0.4 is 5.32 Å². The number of hydrogen-bond donors (Lipinski definition) is 1. The minimum absolute atomic E-state index is 0.284. The van der Waals surface area contributed by atoms with Crippen LogP contribution in [0.25, 0.3) is 0 Å². The number of aromatic nitrogens is 2. The number of nitrogens with one attached hydrogen (secondary N) is 1. The topological polar surface area (TPSA) is 46.9 Å². The Kier molecular flexibility index (Phi) is 4.65. The Balaban J connectivity index is 1.73. The zero-order valence-electron chi connectivity index (χ0n) is 12.0. The molecule has 1 heterocycles. The number of carbonyl (C=O) groups is 1. The highest BCUT2D eigenvalue weighted by Gasteiger charge is 2.12. The van der Waals surface area contributed by atoms with Crippen molar-refractivity contribution in [2.75, 3.05) is 5.32 Å². The lowest BCUT2D eigenvalue weighted by Crippen LogP contribution is -2.13. The molecule has 6 heteroatoms. The average Bonchev–Trinajstić information content (AvgIpc) is 2.88. The van der Waals surface area contributed by atoms with Crippen LogP contribution in [0.3, 0.4) is 0 Å². The summed E-state index contributed by atoms with van der Waals surface area (Å²) in [5.74, 6) is 0.0519. The molecular weight excluding hydrogens is 333 g/mol. The highest BCUT2D eigenvalue weighted by Crippen LogP contribution is 2.21. The van der Waals surface area contributed by atoms with Crippen molar-refractivity contribution >= 4 is 34.9 Å². The molecule has 0 atom stereocenters. The second kappa shape index (κ2) is 6.86. The molecule has 0 saturated carbocycles. The predicted octanol–water partition coefficient (Wildman–Crippen LogP) is 4.49. The summed E-state index contributed by atoms with van der Waals surface area (Å²) in [6.45, 7) is 0.581. The summed E-state index contributed by atoms with van der Waals surface area (Å²) in [5.41, 5.74) is 1.59. The van der Waals surface area contributed by atoms with Crippen LogP contribution in [0.2, 0.25) is 10.0 Å². The Hall–Kier alpha value is -2.30. The first-order valence-corrected chi connectivity index (χ1v) is 7.71. The lowest BCUT2D eigenvalue weighted by molar-refractivity contribution is 0.102. The summed E-state index contributed by atoms with van der Waals surface area (Å²) in [7, 11) is 0. The van der Waals surface area contributed by atoms with Crippen LogP contribution in [0, 0.1) is 0 Å². The van der Waals surface area contributed by atoms with Crippen molar-refractivity contribution in [3.8, 4) is 0 Å². The van der Waals surface area contributed by atoms with Crippen LogP contribution in [-0.2, 0) is 6.54 Å². The van der Waals surface area contributed by atoms with E-state index < -0.39 is 0 Å². The second-order valence-corrected chi connectivity index (χ2v) is 5.81. The Morgan fingerprint density at radius 1 is 1.04 bits per heavy atom. The van der Waals surface area contributed by atoms with Gasteiger partial charge in [0.1, 0.15) is 5.02 Å². The molecule has 0 saturated heterocycles. The van der Waals surface area contributed by atoms with Gasteiger partial charge in [0.05, 0.1) is 6.54 Å². The van der Waals surface area contributed by atoms with Crippen molar-refractivity contribution in [2.24, 2.45) is 0 Å². The number of benzene rings is 2. The van der Waals surface area contributed by atoms with E-state index in [4.69, 9.17) is 23.2 Å². The second-order valence-electron chi connectivity index (χ2n) is 4.97. The summed E-state index contributed by atoms with van der Waals surface area (Å²) in [5, 5.41) is 7.99. The first kappa shape index (κ1) is 15.6. The van der Waals surface area contributed by atoms with Crippen molar-refractivity contribution in [3.05, 3.63) is 82.0 Å². The summed E-state index contributed by atoms with van der Waals surface area (Å²) >= 11 is 12.0. The smallest absolute Gasteiger partial charge is 0.256 e. The van der Waals surface area contributed by atoms with E-state index in [1.54, 1.807) is 35.1 Å². The van der Waals surface area contributed by atoms with Gasteiger partial charge in [-0.05, 0) is 29.8 Å². The number of amides is 1. The molecule has 1 aromatic heterocycles. The van der Waals surface area contributed by atoms with Crippen LogP contribution in [0.15, 0.2) is 60.8 Å². The number of nitrogens with zero attached hydrogens (tertiary/aromatic N) is 2. The van der Waals surface area contributed by atoms with Crippen LogP contribution >= 0.6 is 23.2 Å². The van der Waals surface area contributed by atoms with E-state index in [2.05, 4.69) is 10.4 Å². The van der Waals surface area contributed by atoms with Crippen LogP contribution in [-0.4, -0.2) is 15.7 Å². The third-order valence-electron chi connectivity index (χ3n) is 3.24.